The molecule has 0 spiro atoms. The molecule has 0 saturated heterocycles. The van der Waals surface area contributed by atoms with Gasteiger partial charge in [-0.15, -0.1) is 0 Å². The molecule has 0 aliphatic heterocycles. The van der Waals surface area contributed by atoms with Crippen molar-refractivity contribution in [1.29, 1.82) is 0 Å². The number of anilines is 2. The van der Waals surface area contributed by atoms with Gasteiger partial charge in [0.25, 0.3) is 0 Å². The number of urea groups is 1. The van der Waals surface area contributed by atoms with E-state index in [9.17, 15) is 4.79 Å². The van der Waals surface area contributed by atoms with E-state index in [1.54, 1.807) is 12.1 Å². The second-order valence-corrected chi connectivity index (χ2v) is 7.07. The molecular weight excluding hydrogens is 422 g/mol. The third-order valence-corrected chi connectivity index (χ3v) is 4.92. The van der Waals surface area contributed by atoms with Crippen LogP contribution in [0, 0.1) is 0 Å². The maximum Gasteiger partial charge on any atom is 0.325 e. The van der Waals surface area contributed by atoms with Crippen LogP contribution in [-0.2, 0) is 0 Å². The molecule has 0 fully saturated rings. The molecule has 2 aromatic carbocycles. The van der Waals surface area contributed by atoms with Crippen LogP contribution in [0.2, 0.25) is 0 Å². The number of aromatic nitrogens is 1. The number of rotatable bonds is 5. The largest absolute Gasteiger partial charge is 0.493 e. The van der Waals surface area contributed by atoms with Crippen molar-refractivity contribution in [1.82, 2.24) is 4.98 Å². The van der Waals surface area contributed by atoms with Gasteiger partial charge in [-0.05, 0) is 18.2 Å². The summed E-state index contributed by atoms with van der Waals surface area (Å²) >= 11 is 4.81. The number of benzene rings is 2. The Morgan fingerprint density at radius 3 is 2.35 bits per heavy atom. The lowest BCUT2D eigenvalue weighted by atomic mass is 10.2. The number of methoxy groups -OCH3 is 3. The van der Waals surface area contributed by atoms with Crippen LogP contribution in [0.4, 0.5) is 15.6 Å². The first kappa shape index (κ1) is 18.3. The van der Waals surface area contributed by atoms with Crippen LogP contribution in [0.5, 0.6) is 17.2 Å². The Balaban J connectivity index is 1.78. The third-order valence-electron chi connectivity index (χ3n) is 3.49. The molecule has 26 heavy (non-hydrogen) atoms. The van der Waals surface area contributed by atoms with Gasteiger partial charge in [-0.1, -0.05) is 27.3 Å². The highest BCUT2D eigenvalue weighted by Gasteiger charge is 2.15. The zero-order valence-corrected chi connectivity index (χ0v) is 16.7. The van der Waals surface area contributed by atoms with Gasteiger partial charge in [-0.2, -0.15) is 0 Å². The average Bonchev–Trinajstić information content (AvgIpc) is 3.01. The predicted octanol–water partition coefficient (Wildman–Crippen LogP) is 4.73. The topological polar surface area (TPSA) is 81.7 Å². The number of hydrogen-bond donors (Lipinski definition) is 2. The lowest BCUT2D eigenvalue weighted by Crippen LogP contribution is -2.19. The fraction of sp³-hybridized carbons (Fsp3) is 0.176. The fourth-order valence-corrected chi connectivity index (χ4v) is 3.78. The van der Waals surface area contributed by atoms with Crippen molar-refractivity contribution in [3.63, 3.8) is 0 Å². The van der Waals surface area contributed by atoms with Gasteiger partial charge in [0.15, 0.2) is 16.6 Å². The molecule has 0 radical (unpaired) electrons. The number of carbonyl (C=O) groups is 1. The summed E-state index contributed by atoms with van der Waals surface area (Å²) in [7, 11) is 4.55. The van der Waals surface area contributed by atoms with Crippen molar-refractivity contribution < 1.29 is 19.0 Å². The second-order valence-electron chi connectivity index (χ2n) is 5.12. The number of hydrogen-bond acceptors (Lipinski definition) is 6. The molecule has 0 aliphatic carbocycles. The van der Waals surface area contributed by atoms with Crippen LogP contribution in [0.25, 0.3) is 10.2 Å². The summed E-state index contributed by atoms with van der Waals surface area (Å²) in [5.41, 5.74) is 1.32. The molecule has 136 valence electrons. The summed E-state index contributed by atoms with van der Waals surface area (Å²) in [6.07, 6.45) is 0. The summed E-state index contributed by atoms with van der Waals surface area (Å²) in [6.45, 7) is 0. The Labute approximate surface area is 162 Å². The monoisotopic (exact) mass is 437 g/mol. The summed E-state index contributed by atoms with van der Waals surface area (Å²) in [5.74, 6) is 1.36. The maximum absolute atomic E-state index is 12.3. The van der Waals surface area contributed by atoms with Gasteiger partial charge >= 0.3 is 6.03 Å². The van der Waals surface area contributed by atoms with Gasteiger partial charge in [0.05, 0.1) is 37.2 Å². The van der Waals surface area contributed by atoms with Gasteiger partial charge in [-0.25, -0.2) is 9.78 Å². The smallest absolute Gasteiger partial charge is 0.325 e. The third kappa shape index (κ3) is 3.83. The molecule has 1 aromatic heterocycles. The van der Waals surface area contributed by atoms with E-state index in [1.807, 2.05) is 18.2 Å². The SMILES string of the molecule is COc1cc(NC(=O)Nc2nc3ccc(Br)cc3s2)cc(OC)c1OC. The van der Waals surface area contributed by atoms with E-state index in [1.165, 1.54) is 32.7 Å². The highest BCUT2D eigenvalue weighted by molar-refractivity contribution is 9.10. The first-order valence-electron chi connectivity index (χ1n) is 7.48. The standard InChI is InChI=1S/C17H16BrN3O4S/c1-23-12-7-10(8-13(24-2)15(12)25-3)19-16(22)21-17-20-11-5-4-9(18)6-14(11)26-17/h4-8H,1-3H3,(H2,19,20,21,22). The van der Waals surface area contributed by atoms with Crippen LogP contribution in [0.1, 0.15) is 0 Å². The van der Waals surface area contributed by atoms with E-state index in [2.05, 4.69) is 31.5 Å². The number of carbonyl (C=O) groups excluding carboxylic acids is 1. The summed E-state index contributed by atoms with van der Waals surface area (Å²) in [5, 5.41) is 5.97. The van der Waals surface area contributed by atoms with Crippen LogP contribution >= 0.6 is 27.3 Å². The summed E-state index contributed by atoms with van der Waals surface area (Å²) in [4.78, 5) is 16.7. The van der Waals surface area contributed by atoms with Crippen molar-refractivity contribution >= 4 is 54.3 Å². The number of ether oxygens (including phenoxy) is 3. The molecule has 1 heterocycles. The Morgan fingerprint density at radius 2 is 1.73 bits per heavy atom. The van der Waals surface area contributed by atoms with Crippen LogP contribution in [0.15, 0.2) is 34.8 Å². The molecular formula is C17H16BrN3O4S. The number of amides is 2. The quantitative estimate of drug-likeness (QED) is 0.602. The van der Waals surface area contributed by atoms with Gasteiger partial charge in [0, 0.05) is 16.6 Å². The molecule has 3 rings (SSSR count). The molecule has 0 saturated carbocycles. The average molecular weight is 438 g/mol. The molecule has 0 atom stereocenters. The Hall–Kier alpha value is -2.52. The minimum absolute atomic E-state index is 0.419. The molecule has 9 heteroatoms. The van der Waals surface area contributed by atoms with E-state index in [4.69, 9.17) is 14.2 Å². The second kappa shape index (κ2) is 7.79. The van der Waals surface area contributed by atoms with Crippen molar-refractivity contribution in [3.05, 3.63) is 34.8 Å². The van der Waals surface area contributed by atoms with E-state index in [0.717, 1.165) is 14.7 Å². The molecule has 2 amide bonds. The number of nitrogens with one attached hydrogen (secondary N) is 2. The van der Waals surface area contributed by atoms with Gasteiger partial charge in [0.2, 0.25) is 5.75 Å². The van der Waals surface area contributed by atoms with Gasteiger partial charge in [0.1, 0.15) is 0 Å². The zero-order valence-electron chi connectivity index (χ0n) is 14.3. The fourth-order valence-electron chi connectivity index (χ4n) is 2.36. The zero-order chi connectivity index (χ0) is 18.7. The summed E-state index contributed by atoms with van der Waals surface area (Å²) in [6, 6.07) is 8.62. The van der Waals surface area contributed by atoms with Crippen molar-refractivity contribution in [2.75, 3.05) is 32.0 Å². The number of thiazole rings is 1. The van der Waals surface area contributed by atoms with E-state index < -0.39 is 6.03 Å². The Morgan fingerprint density at radius 1 is 1.04 bits per heavy atom. The highest BCUT2D eigenvalue weighted by atomic mass is 79.9. The minimum Gasteiger partial charge on any atom is -0.493 e. The van der Waals surface area contributed by atoms with Crippen molar-refractivity contribution in [2.45, 2.75) is 0 Å². The van der Waals surface area contributed by atoms with Crippen LogP contribution < -0.4 is 24.8 Å². The molecule has 0 unspecified atom stereocenters. The Kier molecular flexibility index (Phi) is 5.48. The predicted molar refractivity (Wildman–Crippen MR) is 106 cm³/mol. The lowest BCUT2D eigenvalue weighted by molar-refractivity contribution is 0.262. The molecule has 3 aromatic rings. The lowest BCUT2D eigenvalue weighted by Gasteiger charge is -2.14. The molecule has 0 bridgehead atoms. The van der Waals surface area contributed by atoms with Gasteiger partial charge in [-0.3, -0.25) is 5.32 Å². The maximum atomic E-state index is 12.3. The van der Waals surface area contributed by atoms with Gasteiger partial charge < -0.3 is 19.5 Å². The number of halogens is 1. The molecule has 2 N–H and O–H groups in total. The van der Waals surface area contributed by atoms with Crippen molar-refractivity contribution in [3.8, 4) is 17.2 Å². The normalized spacial score (nSPS) is 10.5. The highest BCUT2D eigenvalue weighted by Crippen LogP contribution is 2.40. The van der Waals surface area contributed by atoms with Crippen LogP contribution in [0.3, 0.4) is 0 Å². The molecule has 7 nitrogen and oxygen atoms in total. The number of fused-ring (bicyclic) bond motifs is 1. The Bertz CT molecular complexity index is 935. The minimum atomic E-state index is -0.419. The van der Waals surface area contributed by atoms with E-state index in [0.29, 0.717) is 28.1 Å². The van der Waals surface area contributed by atoms with E-state index in [-0.39, 0.29) is 0 Å². The first-order valence-corrected chi connectivity index (χ1v) is 9.09. The summed E-state index contributed by atoms with van der Waals surface area (Å²) < 4.78 is 17.8. The number of nitrogens with zero attached hydrogens (tertiary/aromatic N) is 1. The molecule has 0 aliphatic rings. The van der Waals surface area contributed by atoms with Crippen LogP contribution in [-0.4, -0.2) is 32.3 Å². The van der Waals surface area contributed by atoms with E-state index >= 15 is 0 Å². The first-order chi connectivity index (χ1) is 12.5. The van der Waals surface area contributed by atoms with Crippen molar-refractivity contribution in [2.24, 2.45) is 0 Å².